The molecule has 0 aliphatic rings. The minimum absolute atomic E-state index is 0.0355. The highest BCUT2D eigenvalue weighted by atomic mass is 32.2. The second kappa shape index (κ2) is 13.7. The topological polar surface area (TPSA) is 114 Å². The van der Waals surface area contributed by atoms with Crippen molar-refractivity contribution >= 4 is 27.5 Å². The van der Waals surface area contributed by atoms with Gasteiger partial charge in [0.2, 0.25) is 21.8 Å². The minimum atomic E-state index is -3.97. The summed E-state index contributed by atoms with van der Waals surface area (Å²) in [7, 11) is 1.93. The van der Waals surface area contributed by atoms with E-state index in [9.17, 15) is 18.0 Å². The molecule has 0 spiro atoms. The maximum absolute atomic E-state index is 14.1. The molecule has 0 bridgehead atoms. The molecular formula is C29H35N3O7S. The third kappa shape index (κ3) is 7.66. The van der Waals surface area contributed by atoms with Crippen molar-refractivity contribution in [3.63, 3.8) is 0 Å². The van der Waals surface area contributed by atoms with Crippen LogP contribution in [0.25, 0.3) is 0 Å². The molecule has 1 N–H and O–H groups in total. The largest absolute Gasteiger partial charge is 0.497 e. The number of carbonyl (C=O) groups excluding carboxylic acids is 2. The Bertz CT molecular complexity index is 1410. The van der Waals surface area contributed by atoms with E-state index in [0.717, 1.165) is 16.1 Å². The molecule has 1 unspecified atom stereocenters. The molecule has 0 aliphatic heterocycles. The van der Waals surface area contributed by atoms with Crippen LogP contribution < -0.4 is 23.8 Å². The van der Waals surface area contributed by atoms with Crippen molar-refractivity contribution in [2.75, 3.05) is 45.5 Å². The average molecular weight is 570 g/mol. The van der Waals surface area contributed by atoms with Gasteiger partial charge in [0.15, 0.2) is 0 Å². The molecule has 214 valence electrons. The molecule has 10 nitrogen and oxygen atoms in total. The van der Waals surface area contributed by atoms with E-state index in [1.54, 1.807) is 30.3 Å². The van der Waals surface area contributed by atoms with Crippen molar-refractivity contribution in [2.45, 2.75) is 19.0 Å². The lowest BCUT2D eigenvalue weighted by atomic mass is 10.0. The fourth-order valence-electron chi connectivity index (χ4n) is 4.27. The predicted octanol–water partition coefficient (Wildman–Crippen LogP) is 2.86. The zero-order valence-corrected chi connectivity index (χ0v) is 24.1. The highest BCUT2D eigenvalue weighted by Crippen LogP contribution is 2.34. The monoisotopic (exact) mass is 569 g/mol. The maximum atomic E-state index is 14.1. The second-order valence-corrected chi connectivity index (χ2v) is 10.9. The number of anilines is 1. The lowest BCUT2D eigenvalue weighted by Gasteiger charge is -2.33. The third-order valence-corrected chi connectivity index (χ3v) is 7.46. The fraction of sp³-hybridized carbons (Fsp3) is 0.310. The van der Waals surface area contributed by atoms with Crippen LogP contribution in [0.15, 0.2) is 72.8 Å². The van der Waals surface area contributed by atoms with Crippen molar-refractivity contribution in [3.05, 3.63) is 83.9 Å². The van der Waals surface area contributed by atoms with E-state index in [1.165, 1.54) is 39.3 Å². The van der Waals surface area contributed by atoms with Crippen molar-refractivity contribution < 1.29 is 32.2 Å². The van der Waals surface area contributed by atoms with Gasteiger partial charge in [0.25, 0.3) is 0 Å². The van der Waals surface area contributed by atoms with Crippen molar-refractivity contribution in [3.8, 4) is 17.2 Å². The van der Waals surface area contributed by atoms with Gasteiger partial charge >= 0.3 is 0 Å². The van der Waals surface area contributed by atoms with Crippen LogP contribution in [0.3, 0.4) is 0 Å². The average Bonchev–Trinajstić information content (AvgIpc) is 2.96. The van der Waals surface area contributed by atoms with Gasteiger partial charge in [-0.05, 0) is 35.4 Å². The summed E-state index contributed by atoms with van der Waals surface area (Å²) in [5.41, 5.74) is 1.69. The number of nitrogens with one attached hydrogen (secondary N) is 1. The molecular weight excluding hydrogens is 534 g/mol. The molecule has 0 saturated carbocycles. The summed E-state index contributed by atoms with van der Waals surface area (Å²) >= 11 is 0. The lowest BCUT2D eigenvalue weighted by Crippen LogP contribution is -2.52. The van der Waals surface area contributed by atoms with E-state index in [1.807, 2.05) is 36.4 Å². The first-order valence-corrected chi connectivity index (χ1v) is 14.3. The maximum Gasteiger partial charge on any atom is 0.244 e. The molecule has 0 radical (unpaired) electrons. The van der Waals surface area contributed by atoms with Gasteiger partial charge in [-0.25, -0.2) is 8.42 Å². The zero-order valence-electron chi connectivity index (χ0n) is 23.3. The summed E-state index contributed by atoms with van der Waals surface area (Å²) in [6.07, 6.45) is 1.23. The summed E-state index contributed by atoms with van der Waals surface area (Å²) < 4.78 is 43.0. The summed E-state index contributed by atoms with van der Waals surface area (Å²) in [6.45, 7) is -0.539. The van der Waals surface area contributed by atoms with Crippen LogP contribution in [0.2, 0.25) is 0 Å². The Morgan fingerprint density at radius 1 is 0.850 bits per heavy atom. The van der Waals surface area contributed by atoms with E-state index in [4.69, 9.17) is 14.2 Å². The van der Waals surface area contributed by atoms with Crippen molar-refractivity contribution in [1.82, 2.24) is 10.2 Å². The SMILES string of the molecule is CNC(=O)C(Cc1ccccc1)N(Cc1cccc(OC)c1)C(=O)CN(c1cc(OC)ccc1OC)S(C)(=O)=O. The van der Waals surface area contributed by atoms with Gasteiger partial charge in [0.05, 0.1) is 33.3 Å². The Labute approximate surface area is 235 Å². The predicted molar refractivity (Wildman–Crippen MR) is 153 cm³/mol. The Morgan fingerprint density at radius 2 is 1.50 bits per heavy atom. The number of rotatable bonds is 13. The van der Waals surface area contributed by atoms with Gasteiger partial charge in [-0.3, -0.25) is 13.9 Å². The number of amides is 2. The third-order valence-electron chi connectivity index (χ3n) is 6.34. The number of carbonyl (C=O) groups is 2. The van der Waals surface area contributed by atoms with Crippen LogP contribution in [0.4, 0.5) is 5.69 Å². The Morgan fingerprint density at radius 3 is 2.10 bits per heavy atom. The zero-order chi connectivity index (χ0) is 29.3. The number of hydrogen-bond acceptors (Lipinski definition) is 7. The molecule has 0 aliphatic carbocycles. The van der Waals surface area contributed by atoms with Crippen LogP contribution in [0.5, 0.6) is 17.2 Å². The molecule has 0 fully saturated rings. The fourth-order valence-corrected chi connectivity index (χ4v) is 5.12. The summed E-state index contributed by atoms with van der Waals surface area (Å²) in [5.74, 6) is 0.249. The van der Waals surface area contributed by atoms with Crippen LogP contribution in [0, 0.1) is 0 Å². The highest BCUT2D eigenvalue weighted by molar-refractivity contribution is 7.92. The Balaban J connectivity index is 2.09. The van der Waals surface area contributed by atoms with Crippen molar-refractivity contribution in [1.29, 1.82) is 0 Å². The van der Waals surface area contributed by atoms with Gasteiger partial charge < -0.3 is 24.4 Å². The van der Waals surface area contributed by atoms with Crippen LogP contribution in [0.1, 0.15) is 11.1 Å². The molecule has 3 rings (SSSR count). The normalized spacial score (nSPS) is 11.7. The van der Waals surface area contributed by atoms with E-state index >= 15 is 0 Å². The van der Waals surface area contributed by atoms with Gasteiger partial charge in [0, 0.05) is 26.1 Å². The number of hydrogen-bond donors (Lipinski definition) is 1. The summed E-state index contributed by atoms with van der Waals surface area (Å²) in [6, 6.07) is 20.2. The van der Waals surface area contributed by atoms with Gasteiger partial charge in [-0.1, -0.05) is 42.5 Å². The highest BCUT2D eigenvalue weighted by Gasteiger charge is 2.33. The Hall–Kier alpha value is -4.25. The smallest absolute Gasteiger partial charge is 0.244 e. The molecule has 3 aromatic rings. The number of likely N-dealkylation sites (N-methyl/N-ethyl adjacent to an activating group) is 1. The van der Waals surface area contributed by atoms with Crippen LogP contribution >= 0.6 is 0 Å². The number of benzene rings is 3. The van der Waals surface area contributed by atoms with Gasteiger partial charge in [0.1, 0.15) is 29.8 Å². The molecule has 40 heavy (non-hydrogen) atoms. The lowest BCUT2D eigenvalue weighted by molar-refractivity contribution is -0.139. The van der Waals surface area contributed by atoms with Crippen LogP contribution in [-0.4, -0.2) is 72.4 Å². The molecule has 0 heterocycles. The first-order valence-electron chi connectivity index (χ1n) is 12.5. The van der Waals surface area contributed by atoms with Gasteiger partial charge in [-0.2, -0.15) is 0 Å². The molecule has 0 aromatic heterocycles. The molecule has 3 aromatic carbocycles. The first-order chi connectivity index (χ1) is 19.1. The molecule has 2 amide bonds. The van der Waals surface area contributed by atoms with E-state index < -0.39 is 28.5 Å². The molecule has 11 heteroatoms. The van der Waals surface area contributed by atoms with Crippen LogP contribution in [-0.2, 0) is 32.6 Å². The number of ether oxygens (including phenoxy) is 3. The minimum Gasteiger partial charge on any atom is -0.497 e. The first kappa shape index (κ1) is 30.3. The summed E-state index contributed by atoms with van der Waals surface area (Å²) in [4.78, 5) is 28.7. The number of nitrogens with zero attached hydrogens (tertiary/aromatic N) is 2. The van der Waals surface area contributed by atoms with E-state index in [-0.39, 0.29) is 30.3 Å². The second-order valence-electron chi connectivity index (χ2n) is 9.00. The van der Waals surface area contributed by atoms with Gasteiger partial charge in [-0.15, -0.1) is 0 Å². The number of sulfonamides is 1. The van der Waals surface area contributed by atoms with E-state index in [2.05, 4.69) is 5.32 Å². The standard InChI is InChI=1S/C29H35N3O7S/c1-30-29(34)26(17-21-10-7-6-8-11-21)31(19-22-12-9-13-23(16-22)37-2)28(33)20-32(40(5,35)36)25-18-24(38-3)14-15-27(25)39-4/h6-16,18,26H,17,19-20H2,1-5H3,(H,30,34). The summed E-state index contributed by atoms with van der Waals surface area (Å²) in [5, 5.41) is 2.65. The number of methoxy groups -OCH3 is 3. The quantitative estimate of drug-likeness (QED) is 0.337. The Kier molecular flexibility index (Phi) is 10.4. The molecule has 0 saturated heterocycles. The van der Waals surface area contributed by atoms with Crippen molar-refractivity contribution in [2.24, 2.45) is 0 Å². The molecule has 1 atom stereocenters. The van der Waals surface area contributed by atoms with E-state index in [0.29, 0.717) is 17.1 Å².